The van der Waals surface area contributed by atoms with Gasteiger partial charge in [-0.25, -0.2) is 0 Å². The smallest absolute Gasteiger partial charge is 0.261 e. The van der Waals surface area contributed by atoms with E-state index in [-0.39, 0.29) is 5.91 Å². The summed E-state index contributed by atoms with van der Waals surface area (Å²) >= 11 is 6.22. The summed E-state index contributed by atoms with van der Waals surface area (Å²) in [6, 6.07) is 11.9. The highest BCUT2D eigenvalue weighted by molar-refractivity contribution is 6.33. The Labute approximate surface area is 154 Å². The van der Waals surface area contributed by atoms with Crippen LogP contribution in [0.2, 0.25) is 5.02 Å². The molecule has 0 saturated heterocycles. The molecule has 0 spiro atoms. The number of rotatable bonds is 4. The van der Waals surface area contributed by atoms with E-state index in [1.807, 2.05) is 0 Å². The summed E-state index contributed by atoms with van der Waals surface area (Å²) in [5.41, 5.74) is 8.20. The third-order valence-corrected chi connectivity index (χ3v) is 4.31. The van der Waals surface area contributed by atoms with Gasteiger partial charge in [0.2, 0.25) is 5.91 Å². The standard InChI is InChI=1S/C19H16ClN3O3/c1-10-9-12(18(21)24)7-8-15(10)22-19(25)16-11(2)26-23-17(16)13-5-3-4-6-14(13)20/h3-9H,1-2H3,(H2,21,24)(H,22,25). The molecule has 0 aliphatic rings. The van der Waals surface area contributed by atoms with Crippen LogP contribution in [0.4, 0.5) is 5.69 Å². The highest BCUT2D eigenvalue weighted by Crippen LogP contribution is 2.31. The van der Waals surface area contributed by atoms with Crippen molar-refractivity contribution in [3.63, 3.8) is 0 Å². The summed E-state index contributed by atoms with van der Waals surface area (Å²) in [5, 5.41) is 7.27. The molecule has 0 unspecified atom stereocenters. The van der Waals surface area contributed by atoms with Crippen LogP contribution in [-0.2, 0) is 0 Å². The van der Waals surface area contributed by atoms with Gasteiger partial charge in [-0.3, -0.25) is 9.59 Å². The number of nitrogens with two attached hydrogens (primary N) is 1. The van der Waals surface area contributed by atoms with Crippen molar-refractivity contribution in [3.8, 4) is 11.3 Å². The lowest BCUT2D eigenvalue weighted by molar-refractivity contribution is 0.0998. The fourth-order valence-corrected chi connectivity index (χ4v) is 2.84. The van der Waals surface area contributed by atoms with Gasteiger partial charge in [-0.2, -0.15) is 0 Å². The zero-order chi connectivity index (χ0) is 18.8. The Morgan fingerprint density at radius 2 is 1.88 bits per heavy atom. The fourth-order valence-electron chi connectivity index (χ4n) is 2.62. The summed E-state index contributed by atoms with van der Waals surface area (Å²) in [6.45, 7) is 3.43. The van der Waals surface area contributed by atoms with Crippen molar-refractivity contribution in [2.24, 2.45) is 5.73 Å². The predicted molar refractivity (Wildman–Crippen MR) is 99.3 cm³/mol. The molecular weight excluding hydrogens is 354 g/mol. The van der Waals surface area contributed by atoms with Crippen molar-refractivity contribution < 1.29 is 14.1 Å². The van der Waals surface area contributed by atoms with E-state index in [1.165, 1.54) is 0 Å². The average molecular weight is 370 g/mol. The minimum atomic E-state index is -0.526. The number of primary amides is 1. The van der Waals surface area contributed by atoms with Crippen LogP contribution in [0.3, 0.4) is 0 Å². The summed E-state index contributed by atoms with van der Waals surface area (Å²) in [5.74, 6) is -0.528. The monoisotopic (exact) mass is 369 g/mol. The van der Waals surface area contributed by atoms with Crippen LogP contribution < -0.4 is 11.1 Å². The van der Waals surface area contributed by atoms with E-state index in [0.29, 0.717) is 44.4 Å². The molecule has 1 heterocycles. The Morgan fingerprint density at radius 1 is 1.15 bits per heavy atom. The van der Waals surface area contributed by atoms with Crippen LogP contribution in [0.1, 0.15) is 32.0 Å². The molecule has 0 bridgehead atoms. The normalized spacial score (nSPS) is 10.6. The van der Waals surface area contributed by atoms with E-state index >= 15 is 0 Å². The molecule has 6 nitrogen and oxygen atoms in total. The molecule has 7 heteroatoms. The topological polar surface area (TPSA) is 98.2 Å². The van der Waals surface area contributed by atoms with Gasteiger partial charge in [-0.1, -0.05) is 35.0 Å². The quantitative estimate of drug-likeness (QED) is 0.727. The molecule has 3 N–H and O–H groups in total. The van der Waals surface area contributed by atoms with Crippen LogP contribution >= 0.6 is 11.6 Å². The lowest BCUT2D eigenvalue weighted by Gasteiger charge is -2.10. The van der Waals surface area contributed by atoms with Gasteiger partial charge in [-0.05, 0) is 43.7 Å². The first-order chi connectivity index (χ1) is 12.4. The number of anilines is 1. The number of hydrogen-bond acceptors (Lipinski definition) is 4. The van der Waals surface area contributed by atoms with Gasteiger partial charge in [0.15, 0.2) is 0 Å². The molecule has 1 aromatic heterocycles. The Kier molecular flexibility index (Phi) is 4.77. The Bertz CT molecular complexity index is 1010. The van der Waals surface area contributed by atoms with E-state index in [4.69, 9.17) is 21.9 Å². The molecule has 0 fully saturated rings. The van der Waals surface area contributed by atoms with Crippen LogP contribution in [0.15, 0.2) is 47.0 Å². The van der Waals surface area contributed by atoms with Gasteiger partial charge >= 0.3 is 0 Å². The molecule has 0 aliphatic heterocycles. The third kappa shape index (κ3) is 3.32. The molecule has 3 rings (SSSR count). The molecule has 3 aromatic rings. The maximum absolute atomic E-state index is 12.8. The highest BCUT2D eigenvalue weighted by Gasteiger charge is 2.23. The van der Waals surface area contributed by atoms with Gasteiger partial charge in [0.05, 0.1) is 5.02 Å². The van der Waals surface area contributed by atoms with Crippen LogP contribution in [-0.4, -0.2) is 17.0 Å². The number of aryl methyl sites for hydroxylation is 2. The second-order valence-electron chi connectivity index (χ2n) is 5.79. The highest BCUT2D eigenvalue weighted by atomic mass is 35.5. The fraction of sp³-hybridized carbons (Fsp3) is 0.105. The van der Waals surface area contributed by atoms with Crippen molar-refractivity contribution in [2.75, 3.05) is 5.32 Å². The van der Waals surface area contributed by atoms with Gasteiger partial charge in [0, 0.05) is 16.8 Å². The Hall–Kier alpha value is -3.12. The van der Waals surface area contributed by atoms with E-state index in [2.05, 4.69) is 10.5 Å². The molecule has 0 saturated carbocycles. The van der Waals surface area contributed by atoms with Gasteiger partial charge in [0.25, 0.3) is 5.91 Å². The first-order valence-electron chi connectivity index (χ1n) is 7.81. The maximum Gasteiger partial charge on any atom is 0.261 e. The number of benzene rings is 2. The SMILES string of the molecule is Cc1cc(C(N)=O)ccc1NC(=O)c1c(-c2ccccc2Cl)noc1C. The number of nitrogens with one attached hydrogen (secondary N) is 1. The average Bonchev–Trinajstić information content (AvgIpc) is 2.98. The number of carbonyl (C=O) groups excluding carboxylic acids is 2. The molecule has 0 radical (unpaired) electrons. The minimum absolute atomic E-state index is 0.302. The number of hydrogen-bond donors (Lipinski definition) is 2. The summed E-state index contributed by atoms with van der Waals surface area (Å²) in [7, 11) is 0. The largest absolute Gasteiger partial charge is 0.366 e. The van der Waals surface area contributed by atoms with Gasteiger partial charge in [0.1, 0.15) is 17.0 Å². The summed E-state index contributed by atoms with van der Waals surface area (Å²) in [4.78, 5) is 24.1. The van der Waals surface area contributed by atoms with Crippen LogP contribution in [0, 0.1) is 13.8 Å². The van der Waals surface area contributed by atoms with Crippen molar-refractivity contribution in [3.05, 3.63) is 69.9 Å². The van der Waals surface area contributed by atoms with Gasteiger partial charge in [-0.15, -0.1) is 0 Å². The molecular formula is C19H16ClN3O3. The minimum Gasteiger partial charge on any atom is -0.366 e. The van der Waals surface area contributed by atoms with E-state index < -0.39 is 5.91 Å². The van der Waals surface area contributed by atoms with Crippen LogP contribution in [0.5, 0.6) is 0 Å². The lowest BCUT2D eigenvalue weighted by atomic mass is 10.0. The van der Waals surface area contributed by atoms with E-state index in [9.17, 15) is 9.59 Å². The van der Waals surface area contributed by atoms with Crippen LogP contribution in [0.25, 0.3) is 11.3 Å². The van der Waals surface area contributed by atoms with E-state index in [1.54, 1.807) is 56.3 Å². The first kappa shape index (κ1) is 17.7. The molecule has 0 aliphatic carbocycles. The first-order valence-corrected chi connectivity index (χ1v) is 8.19. The summed E-state index contributed by atoms with van der Waals surface area (Å²) < 4.78 is 5.21. The van der Waals surface area contributed by atoms with Crippen molar-refractivity contribution in [2.45, 2.75) is 13.8 Å². The molecule has 2 aromatic carbocycles. The van der Waals surface area contributed by atoms with Crippen molar-refractivity contribution in [1.29, 1.82) is 0 Å². The van der Waals surface area contributed by atoms with Gasteiger partial charge < -0.3 is 15.6 Å². The van der Waals surface area contributed by atoms with Crippen molar-refractivity contribution in [1.82, 2.24) is 5.16 Å². The Balaban J connectivity index is 1.96. The molecule has 132 valence electrons. The maximum atomic E-state index is 12.8. The number of aromatic nitrogens is 1. The molecule has 0 atom stereocenters. The second-order valence-corrected chi connectivity index (χ2v) is 6.20. The van der Waals surface area contributed by atoms with Crippen molar-refractivity contribution >= 4 is 29.1 Å². The van der Waals surface area contributed by atoms with E-state index in [0.717, 1.165) is 0 Å². The number of halogens is 1. The number of amides is 2. The third-order valence-electron chi connectivity index (χ3n) is 3.98. The number of carbonyl (C=O) groups is 2. The Morgan fingerprint density at radius 3 is 2.54 bits per heavy atom. The zero-order valence-corrected chi connectivity index (χ0v) is 14.9. The number of nitrogens with zero attached hydrogens (tertiary/aromatic N) is 1. The lowest BCUT2D eigenvalue weighted by Crippen LogP contribution is -2.15. The second kappa shape index (κ2) is 7.01. The predicted octanol–water partition coefficient (Wildman–Crippen LogP) is 3.96. The summed E-state index contributed by atoms with van der Waals surface area (Å²) in [6.07, 6.45) is 0. The molecule has 26 heavy (non-hydrogen) atoms. The zero-order valence-electron chi connectivity index (χ0n) is 14.2. The molecule has 2 amide bonds.